The van der Waals surface area contributed by atoms with Crippen LogP contribution in [-0.4, -0.2) is 16.0 Å². The van der Waals surface area contributed by atoms with Gasteiger partial charge in [-0.25, -0.2) is 4.98 Å². The van der Waals surface area contributed by atoms with Crippen LogP contribution in [0.15, 0.2) is 40.9 Å². The van der Waals surface area contributed by atoms with Gasteiger partial charge in [-0.3, -0.25) is 4.79 Å². The van der Waals surface area contributed by atoms with E-state index in [9.17, 15) is 4.79 Å². The lowest BCUT2D eigenvalue weighted by molar-refractivity contribution is 0.0995. The highest BCUT2D eigenvalue weighted by Crippen LogP contribution is 2.26. The van der Waals surface area contributed by atoms with E-state index >= 15 is 0 Å². The number of benzene rings is 1. The molecule has 21 heavy (non-hydrogen) atoms. The molecule has 0 atom stereocenters. The Labute approximate surface area is 120 Å². The molecule has 2 aromatic heterocycles. The van der Waals surface area contributed by atoms with Crippen LogP contribution in [0.5, 0.6) is 5.75 Å². The molecule has 2 N–H and O–H groups in total. The van der Waals surface area contributed by atoms with Gasteiger partial charge < -0.3 is 15.0 Å². The molecule has 0 unspecified atom stereocenters. The summed E-state index contributed by atoms with van der Waals surface area (Å²) in [5.41, 5.74) is 6.79. The molecule has 0 radical (unpaired) electrons. The molecule has 0 bridgehead atoms. The Balaban J connectivity index is 1.97. The molecule has 1 amide bonds. The zero-order valence-corrected chi connectivity index (χ0v) is 11.4. The Morgan fingerprint density at radius 1 is 1.33 bits per heavy atom. The normalized spacial score (nSPS) is 10.7. The van der Waals surface area contributed by atoms with Gasteiger partial charge in [-0.1, -0.05) is 17.3 Å². The first-order valence-electron chi connectivity index (χ1n) is 6.38. The first kappa shape index (κ1) is 13.1. The third kappa shape index (κ3) is 2.69. The van der Waals surface area contributed by atoms with Crippen molar-refractivity contribution in [1.29, 1.82) is 0 Å². The van der Waals surface area contributed by atoms with E-state index in [4.69, 9.17) is 15.0 Å². The van der Waals surface area contributed by atoms with Gasteiger partial charge in [-0.2, -0.15) is 0 Å². The lowest BCUT2D eigenvalue weighted by Gasteiger charge is -2.09. The summed E-state index contributed by atoms with van der Waals surface area (Å²) in [6.07, 6.45) is 0. The van der Waals surface area contributed by atoms with Crippen LogP contribution in [-0.2, 0) is 6.61 Å². The Morgan fingerprint density at radius 2 is 2.14 bits per heavy atom. The van der Waals surface area contributed by atoms with Crippen molar-refractivity contribution in [2.75, 3.05) is 0 Å². The number of para-hydroxylation sites is 1. The van der Waals surface area contributed by atoms with Crippen LogP contribution in [0.4, 0.5) is 0 Å². The molecule has 0 saturated heterocycles. The summed E-state index contributed by atoms with van der Waals surface area (Å²) in [4.78, 5) is 15.6. The summed E-state index contributed by atoms with van der Waals surface area (Å²) in [5, 5.41) is 4.67. The van der Waals surface area contributed by atoms with Gasteiger partial charge in [0.2, 0.25) is 0 Å². The van der Waals surface area contributed by atoms with Gasteiger partial charge >= 0.3 is 0 Å². The minimum atomic E-state index is -0.595. The fraction of sp³-hybridized carbons (Fsp3) is 0.133. The molecule has 0 aliphatic carbocycles. The number of aromatic nitrogens is 2. The number of nitrogens with two attached hydrogens (primary N) is 1. The van der Waals surface area contributed by atoms with Gasteiger partial charge in [-0.05, 0) is 19.1 Å². The summed E-state index contributed by atoms with van der Waals surface area (Å²) >= 11 is 0. The Bertz CT molecular complexity index is 811. The number of pyridine rings is 1. The van der Waals surface area contributed by atoms with E-state index in [1.807, 2.05) is 25.1 Å². The first-order valence-corrected chi connectivity index (χ1v) is 6.38. The van der Waals surface area contributed by atoms with Crippen LogP contribution in [0.3, 0.4) is 0 Å². The fourth-order valence-corrected chi connectivity index (χ4v) is 2.03. The summed E-state index contributed by atoms with van der Waals surface area (Å²) in [6.45, 7) is 2.05. The molecule has 6 heteroatoms. The zero-order valence-electron chi connectivity index (χ0n) is 11.4. The molecular formula is C15H13N3O3. The highest BCUT2D eigenvalue weighted by atomic mass is 16.5. The summed E-state index contributed by atoms with van der Waals surface area (Å²) in [7, 11) is 0. The lowest BCUT2D eigenvalue weighted by Crippen LogP contribution is -2.13. The van der Waals surface area contributed by atoms with Gasteiger partial charge in [0.25, 0.3) is 5.91 Å². The largest absolute Gasteiger partial charge is 0.486 e. The van der Waals surface area contributed by atoms with Gasteiger partial charge in [0, 0.05) is 17.5 Å². The van der Waals surface area contributed by atoms with E-state index in [0.29, 0.717) is 22.7 Å². The molecular weight excluding hydrogens is 270 g/mol. The summed E-state index contributed by atoms with van der Waals surface area (Å²) in [6, 6.07) is 10.7. The minimum Gasteiger partial charge on any atom is -0.486 e. The van der Waals surface area contributed by atoms with Crippen LogP contribution < -0.4 is 10.5 Å². The molecule has 0 aliphatic rings. The van der Waals surface area contributed by atoms with E-state index in [-0.39, 0.29) is 12.3 Å². The van der Waals surface area contributed by atoms with Gasteiger partial charge in [0.15, 0.2) is 0 Å². The zero-order chi connectivity index (χ0) is 14.8. The Morgan fingerprint density at radius 3 is 2.86 bits per heavy atom. The smallest absolute Gasteiger partial charge is 0.267 e. The van der Waals surface area contributed by atoms with Crippen LogP contribution >= 0.6 is 0 Å². The third-order valence-electron chi connectivity index (χ3n) is 2.98. The SMILES string of the molecule is Cc1cc(COc2cc(C(N)=O)nc3ccccc23)no1. The number of ether oxygens (including phenoxy) is 1. The number of nitrogens with zero attached hydrogens (tertiary/aromatic N) is 2. The van der Waals surface area contributed by atoms with Crippen LogP contribution in [0.1, 0.15) is 21.9 Å². The molecule has 106 valence electrons. The van der Waals surface area contributed by atoms with Crippen molar-refractivity contribution in [2.24, 2.45) is 5.73 Å². The minimum absolute atomic E-state index is 0.167. The van der Waals surface area contributed by atoms with Crippen LogP contribution in [0, 0.1) is 6.92 Å². The standard InChI is InChI=1S/C15H13N3O3/c1-9-6-10(18-21-9)8-20-14-7-13(15(16)19)17-12-5-3-2-4-11(12)14/h2-7H,8H2,1H3,(H2,16,19). The number of hydrogen-bond donors (Lipinski definition) is 1. The molecule has 1 aromatic carbocycles. The van der Waals surface area contributed by atoms with Gasteiger partial charge in [0.05, 0.1) is 5.52 Å². The Hall–Kier alpha value is -2.89. The first-order chi connectivity index (χ1) is 10.1. The van der Waals surface area contributed by atoms with Crippen LogP contribution in [0.2, 0.25) is 0 Å². The van der Waals surface area contributed by atoms with E-state index < -0.39 is 5.91 Å². The van der Waals surface area contributed by atoms with Gasteiger partial charge in [0.1, 0.15) is 29.5 Å². The lowest BCUT2D eigenvalue weighted by atomic mass is 10.2. The van der Waals surface area contributed by atoms with Crippen LogP contribution in [0.25, 0.3) is 10.9 Å². The van der Waals surface area contributed by atoms with Gasteiger partial charge in [-0.15, -0.1) is 0 Å². The number of fused-ring (bicyclic) bond motifs is 1. The van der Waals surface area contributed by atoms with Crippen molar-refractivity contribution in [3.63, 3.8) is 0 Å². The second-order valence-electron chi connectivity index (χ2n) is 4.60. The van der Waals surface area contributed by atoms with E-state index in [1.165, 1.54) is 6.07 Å². The molecule has 3 rings (SSSR count). The van der Waals surface area contributed by atoms with Crippen molar-refractivity contribution >= 4 is 16.8 Å². The van der Waals surface area contributed by atoms with Crippen molar-refractivity contribution in [1.82, 2.24) is 10.1 Å². The van der Waals surface area contributed by atoms with E-state index in [0.717, 1.165) is 5.39 Å². The predicted molar refractivity (Wildman–Crippen MR) is 75.8 cm³/mol. The Kier molecular flexibility index (Phi) is 3.27. The number of primary amides is 1. The average Bonchev–Trinajstić information content (AvgIpc) is 2.90. The van der Waals surface area contributed by atoms with Crippen molar-refractivity contribution in [2.45, 2.75) is 13.5 Å². The van der Waals surface area contributed by atoms with E-state index in [1.54, 1.807) is 12.1 Å². The molecule has 3 aromatic rings. The number of hydrogen-bond acceptors (Lipinski definition) is 5. The molecule has 0 spiro atoms. The van der Waals surface area contributed by atoms with Crippen molar-refractivity contribution < 1.29 is 14.1 Å². The average molecular weight is 283 g/mol. The highest BCUT2D eigenvalue weighted by molar-refractivity contribution is 5.96. The number of carbonyl (C=O) groups is 1. The highest BCUT2D eigenvalue weighted by Gasteiger charge is 2.11. The molecule has 0 saturated carbocycles. The van der Waals surface area contributed by atoms with E-state index in [2.05, 4.69) is 10.1 Å². The number of carbonyl (C=O) groups excluding carboxylic acids is 1. The number of aryl methyl sites for hydroxylation is 1. The maximum atomic E-state index is 11.4. The molecule has 0 fully saturated rings. The quantitative estimate of drug-likeness (QED) is 0.792. The summed E-state index contributed by atoms with van der Waals surface area (Å²) < 4.78 is 10.7. The van der Waals surface area contributed by atoms with Crippen molar-refractivity contribution in [3.05, 3.63) is 53.5 Å². The maximum Gasteiger partial charge on any atom is 0.267 e. The maximum absolute atomic E-state index is 11.4. The monoisotopic (exact) mass is 283 g/mol. The second kappa shape index (κ2) is 5.24. The molecule has 2 heterocycles. The summed E-state index contributed by atoms with van der Waals surface area (Å²) in [5.74, 6) is 0.656. The van der Waals surface area contributed by atoms with Crippen molar-refractivity contribution in [3.8, 4) is 5.75 Å². The second-order valence-corrected chi connectivity index (χ2v) is 4.60. The topological polar surface area (TPSA) is 91.2 Å². The number of amides is 1. The fourth-order valence-electron chi connectivity index (χ4n) is 2.03. The molecule has 6 nitrogen and oxygen atoms in total. The third-order valence-corrected chi connectivity index (χ3v) is 2.98. The number of rotatable bonds is 4. The molecule has 0 aliphatic heterocycles. The predicted octanol–water partition coefficient (Wildman–Crippen LogP) is 2.21.